The lowest BCUT2D eigenvalue weighted by atomic mass is 9.92. The van der Waals surface area contributed by atoms with Crippen LogP contribution in [0.2, 0.25) is 0 Å². The number of hydrogen-bond acceptors (Lipinski definition) is 4. The molecule has 2 aromatic rings. The molecule has 0 unspecified atom stereocenters. The van der Waals surface area contributed by atoms with Crippen molar-refractivity contribution in [1.82, 2.24) is 0 Å². The minimum Gasteiger partial charge on any atom is -1.00 e. The van der Waals surface area contributed by atoms with E-state index in [0.29, 0.717) is 12.5 Å². The first-order chi connectivity index (χ1) is 19.4. The molecule has 3 rings (SSSR count). The first kappa shape index (κ1) is 34.5. The third-order valence-electron chi connectivity index (χ3n) is 7.59. The van der Waals surface area contributed by atoms with Gasteiger partial charge in [-0.2, -0.15) is 0 Å². The highest BCUT2D eigenvalue weighted by molar-refractivity contribution is 5.99. The summed E-state index contributed by atoms with van der Waals surface area (Å²) < 4.78 is 19.0. The van der Waals surface area contributed by atoms with Gasteiger partial charge in [0, 0.05) is 29.7 Å². The van der Waals surface area contributed by atoms with Crippen LogP contribution in [0.1, 0.15) is 102 Å². The number of anilines is 1. The Morgan fingerprint density at radius 3 is 2.12 bits per heavy atom. The van der Waals surface area contributed by atoms with Crippen molar-refractivity contribution in [2.24, 2.45) is 5.92 Å². The zero-order valence-corrected chi connectivity index (χ0v) is 26.7. The van der Waals surface area contributed by atoms with Crippen LogP contribution >= 0.6 is 0 Å². The number of carbonyl (C=O) groups excluding carboxylic acids is 1. The summed E-state index contributed by atoms with van der Waals surface area (Å²) in [6.07, 6.45) is 13.5. The van der Waals surface area contributed by atoms with E-state index in [0.717, 1.165) is 43.1 Å². The van der Waals surface area contributed by atoms with E-state index in [1.165, 1.54) is 80.2 Å². The standard InChI is InChI=1S/C34H50N2O4.ClH/c1-6-7-8-9-10-11-12-13-14-15-31-30-23-33(39-5)32(38-4)22-28(30)20-21-36(31)24-27-16-18-29(19-17-27)35-34(37)40-25-26(2)3;/h16-19,22-23,26H,6-15,20-21,24-25H2,1-5H3;1H. The van der Waals surface area contributed by atoms with Crippen molar-refractivity contribution in [2.45, 2.75) is 97.9 Å². The smallest absolute Gasteiger partial charge is 0.411 e. The summed E-state index contributed by atoms with van der Waals surface area (Å²) in [5, 5.41) is 2.83. The zero-order chi connectivity index (χ0) is 28.7. The van der Waals surface area contributed by atoms with Gasteiger partial charge in [-0.25, -0.2) is 9.37 Å². The summed E-state index contributed by atoms with van der Waals surface area (Å²) in [6, 6.07) is 12.4. The minimum absolute atomic E-state index is 0. The van der Waals surface area contributed by atoms with Crippen molar-refractivity contribution < 1.29 is 36.0 Å². The molecule has 0 atom stereocenters. The summed E-state index contributed by atoms with van der Waals surface area (Å²) in [6.45, 7) is 8.53. The molecule has 0 bridgehead atoms. The molecular weight excluding hydrogens is 536 g/mol. The summed E-state index contributed by atoms with van der Waals surface area (Å²) >= 11 is 0. The van der Waals surface area contributed by atoms with Gasteiger partial charge in [0.25, 0.3) is 0 Å². The first-order valence-corrected chi connectivity index (χ1v) is 15.3. The highest BCUT2D eigenvalue weighted by atomic mass is 35.5. The lowest BCUT2D eigenvalue weighted by Crippen LogP contribution is -3.00. The van der Waals surface area contributed by atoms with Crippen LogP contribution in [0.25, 0.3) is 0 Å². The lowest BCUT2D eigenvalue weighted by molar-refractivity contribution is -0.545. The molecule has 6 nitrogen and oxygen atoms in total. The van der Waals surface area contributed by atoms with Crippen LogP contribution in [0.3, 0.4) is 0 Å². The Bertz CT molecular complexity index is 1100. The van der Waals surface area contributed by atoms with Crippen molar-refractivity contribution in [3.63, 3.8) is 0 Å². The maximum atomic E-state index is 12.0. The Hall–Kier alpha value is -2.73. The third kappa shape index (κ3) is 11.2. The Labute approximate surface area is 254 Å². The second-order valence-electron chi connectivity index (χ2n) is 11.4. The molecule has 228 valence electrons. The van der Waals surface area contributed by atoms with Gasteiger partial charge in [0.2, 0.25) is 0 Å². The second-order valence-corrected chi connectivity index (χ2v) is 11.4. The molecule has 7 heteroatoms. The van der Waals surface area contributed by atoms with Gasteiger partial charge in [0.05, 0.1) is 20.8 Å². The fourth-order valence-electron chi connectivity index (χ4n) is 5.34. The number of halogens is 1. The maximum absolute atomic E-state index is 12.0. The number of benzene rings is 2. The monoisotopic (exact) mass is 586 g/mol. The molecule has 0 spiro atoms. The van der Waals surface area contributed by atoms with Crippen molar-refractivity contribution >= 4 is 17.5 Å². The zero-order valence-electron chi connectivity index (χ0n) is 25.9. The Kier molecular flexibility index (Phi) is 15.7. The number of methoxy groups -OCH3 is 2. The Balaban J connectivity index is 0.00000588. The van der Waals surface area contributed by atoms with Crippen molar-refractivity contribution in [3.05, 3.63) is 53.1 Å². The summed E-state index contributed by atoms with van der Waals surface area (Å²) in [7, 11) is 3.41. The number of fused-ring (bicyclic) bond motifs is 1. The lowest BCUT2D eigenvalue weighted by Gasteiger charge is -2.21. The highest BCUT2D eigenvalue weighted by Crippen LogP contribution is 2.33. The minimum atomic E-state index is -0.407. The molecule has 0 fully saturated rings. The van der Waals surface area contributed by atoms with E-state index >= 15 is 0 Å². The molecular formula is C34H51ClN2O4. The maximum Gasteiger partial charge on any atom is 0.411 e. The topological polar surface area (TPSA) is 59.8 Å². The van der Waals surface area contributed by atoms with Crippen LogP contribution in [0.15, 0.2) is 36.4 Å². The van der Waals surface area contributed by atoms with E-state index < -0.39 is 6.09 Å². The number of hydrogen-bond donors (Lipinski definition) is 1. The van der Waals surface area contributed by atoms with Gasteiger partial charge >= 0.3 is 6.09 Å². The summed E-state index contributed by atoms with van der Waals surface area (Å²) in [5.74, 6) is 1.89. The van der Waals surface area contributed by atoms with Crippen LogP contribution < -0.4 is 27.2 Å². The number of unbranched alkanes of at least 4 members (excludes halogenated alkanes) is 8. The van der Waals surface area contributed by atoms with Crippen LogP contribution in [0, 0.1) is 5.92 Å². The SMILES string of the molecule is CCCCCCCCCCCC1=[N+](Cc2ccc(NC(=O)OCC(C)C)cc2)CCc2cc(OC)c(OC)cc21.[Cl-]. The van der Waals surface area contributed by atoms with E-state index in [9.17, 15) is 4.79 Å². The fourth-order valence-corrected chi connectivity index (χ4v) is 5.34. The normalized spacial score (nSPS) is 12.5. The molecule has 1 amide bonds. The third-order valence-corrected chi connectivity index (χ3v) is 7.59. The van der Waals surface area contributed by atoms with Crippen LogP contribution in [-0.2, 0) is 17.7 Å². The average Bonchev–Trinajstić information content (AvgIpc) is 2.96. The molecule has 1 N–H and O–H groups in total. The van der Waals surface area contributed by atoms with Gasteiger partial charge in [-0.1, -0.05) is 84.3 Å². The predicted molar refractivity (Wildman–Crippen MR) is 164 cm³/mol. The Morgan fingerprint density at radius 2 is 1.51 bits per heavy atom. The number of nitrogens with one attached hydrogen (secondary N) is 1. The van der Waals surface area contributed by atoms with Gasteiger partial charge < -0.3 is 26.6 Å². The molecule has 1 aliphatic rings. The van der Waals surface area contributed by atoms with E-state index in [4.69, 9.17) is 14.2 Å². The molecule has 41 heavy (non-hydrogen) atoms. The summed E-state index contributed by atoms with van der Waals surface area (Å²) in [4.78, 5) is 12.0. The van der Waals surface area contributed by atoms with Gasteiger partial charge in [-0.15, -0.1) is 0 Å². The Morgan fingerprint density at radius 1 is 0.902 bits per heavy atom. The van der Waals surface area contributed by atoms with E-state index in [1.807, 2.05) is 26.0 Å². The van der Waals surface area contributed by atoms with Gasteiger partial charge in [0.1, 0.15) is 6.54 Å². The molecule has 0 radical (unpaired) electrons. The van der Waals surface area contributed by atoms with Gasteiger partial charge in [-0.05, 0) is 42.2 Å². The molecule has 0 aromatic heterocycles. The van der Waals surface area contributed by atoms with Crippen LogP contribution in [0.4, 0.5) is 10.5 Å². The van der Waals surface area contributed by atoms with E-state index in [-0.39, 0.29) is 12.4 Å². The second kappa shape index (κ2) is 18.7. The van der Waals surface area contributed by atoms with E-state index in [2.05, 4.69) is 41.1 Å². The molecule has 0 saturated carbocycles. The molecule has 2 aromatic carbocycles. The van der Waals surface area contributed by atoms with Gasteiger partial charge in [-0.3, -0.25) is 5.32 Å². The largest absolute Gasteiger partial charge is 1.00 e. The van der Waals surface area contributed by atoms with Crippen molar-refractivity contribution in [2.75, 3.05) is 32.7 Å². The molecule has 0 aliphatic carbocycles. The average molecular weight is 587 g/mol. The van der Waals surface area contributed by atoms with Crippen molar-refractivity contribution in [1.29, 1.82) is 0 Å². The molecule has 1 aliphatic heterocycles. The molecule has 0 saturated heterocycles. The number of rotatable bonds is 17. The predicted octanol–water partition coefficient (Wildman–Crippen LogP) is 5.39. The van der Waals surface area contributed by atoms with E-state index in [1.54, 1.807) is 14.2 Å². The fraction of sp³-hybridized carbons (Fsp3) is 0.588. The highest BCUT2D eigenvalue weighted by Gasteiger charge is 2.27. The number of nitrogens with zero attached hydrogens (tertiary/aromatic N) is 1. The molecule has 1 heterocycles. The quantitative estimate of drug-likeness (QED) is 0.199. The van der Waals surface area contributed by atoms with Gasteiger partial charge in [0.15, 0.2) is 23.8 Å². The van der Waals surface area contributed by atoms with Crippen molar-refractivity contribution in [3.8, 4) is 11.5 Å². The number of amides is 1. The number of carbonyl (C=O) groups is 1. The van der Waals surface area contributed by atoms with Crippen LogP contribution in [-0.4, -0.2) is 43.8 Å². The summed E-state index contributed by atoms with van der Waals surface area (Å²) in [5.41, 5.74) is 5.98. The number of ether oxygens (including phenoxy) is 3. The van der Waals surface area contributed by atoms with Crippen LogP contribution in [0.5, 0.6) is 11.5 Å². The first-order valence-electron chi connectivity index (χ1n) is 15.3.